The van der Waals surface area contributed by atoms with Gasteiger partial charge in [-0.1, -0.05) is 18.2 Å². The largest absolute Gasteiger partial charge is 0.376 e. The molecule has 2 aliphatic rings. The van der Waals surface area contributed by atoms with Gasteiger partial charge in [-0.05, 0) is 73.9 Å². The van der Waals surface area contributed by atoms with Crippen molar-refractivity contribution < 1.29 is 23.5 Å². The second kappa shape index (κ2) is 10.3. The summed E-state index contributed by atoms with van der Waals surface area (Å²) in [5.74, 6) is -2.22. The number of halogens is 1. The molecule has 6 rings (SSSR count). The third kappa shape index (κ3) is 4.84. The van der Waals surface area contributed by atoms with Crippen LogP contribution in [0.15, 0.2) is 66.7 Å². The Morgan fingerprint density at radius 3 is 2.67 bits per heavy atom. The molecule has 0 spiro atoms. The third-order valence-electron chi connectivity index (χ3n) is 7.20. The van der Waals surface area contributed by atoms with Gasteiger partial charge in [-0.15, -0.1) is 11.3 Å². The molecule has 0 bridgehead atoms. The van der Waals surface area contributed by atoms with Gasteiger partial charge in [0, 0.05) is 18.7 Å². The van der Waals surface area contributed by atoms with Crippen molar-refractivity contribution in [1.29, 1.82) is 0 Å². The van der Waals surface area contributed by atoms with Crippen LogP contribution in [0.3, 0.4) is 0 Å². The molecule has 2 aliphatic heterocycles. The molecule has 0 aliphatic carbocycles. The minimum atomic E-state index is -1.04. The van der Waals surface area contributed by atoms with E-state index >= 15 is 0 Å². The number of nitrogens with zero attached hydrogens (tertiary/aromatic N) is 3. The van der Waals surface area contributed by atoms with Crippen LogP contribution in [0.4, 0.5) is 10.1 Å². The Labute approximate surface area is 228 Å². The van der Waals surface area contributed by atoms with Crippen LogP contribution in [0.5, 0.6) is 0 Å². The smallest absolute Gasteiger partial charge is 0.257 e. The maximum absolute atomic E-state index is 14.5. The summed E-state index contributed by atoms with van der Waals surface area (Å²) in [6, 6.07) is 17.8. The number of anilines is 1. The molecule has 9 heteroatoms. The van der Waals surface area contributed by atoms with Gasteiger partial charge in [0.2, 0.25) is 5.91 Å². The van der Waals surface area contributed by atoms with E-state index in [0.29, 0.717) is 12.3 Å². The quantitative estimate of drug-likeness (QED) is 0.306. The predicted octanol–water partition coefficient (Wildman–Crippen LogP) is 5.36. The Kier molecular flexibility index (Phi) is 6.70. The van der Waals surface area contributed by atoms with Gasteiger partial charge >= 0.3 is 0 Å². The minimum absolute atomic E-state index is 0.112. The Hall–Kier alpha value is -3.95. The Morgan fingerprint density at radius 2 is 1.92 bits per heavy atom. The van der Waals surface area contributed by atoms with E-state index in [9.17, 15) is 18.8 Å². The number of ether oxygens (including phenoxy) is 1. The molecule has 0 N–H and O–H groups in total. The lowest BCUT2D eigenvalue weighted by atomic mass is 10.1. The van der Waals surface area contributed by atoms with E-state index in [0.717, 1.165) is 44.1 Å². The average Bonchev–Trinajstić information content (AvgIpc) is 3.66. The van der Waals surface area contributed by atoms with Gasteiger partial charge in [-0.3, -0.25) is 14.4 Å². The molecule has 198 valence electrons. The lowest BCUT2D eigenvalue weighted by Crippen LogP contribution is -2.48. The molecule has 4 aromatic rings. The summed E-state index contributed by atoms with van der Waals surface area (Å²) in [5.41, 5.74) is 3.25. The van der Waals surface area contributed by atoms with Crippen molar-refractivity contribution in [3.63, 3.8) is 0 Å². The molecule has 3 amide bonds. The Morgan fingerprint density at radius 1 is 1.13 bits per heavy atom. The molecule has 7 nitrogen and oxygen atoms in total. The van der Waals surface area contributed by atoms with Crippen LogP contribution in [0.2, 0.25) is 0 Å². The van der Waals surface area contributed by atoms with Crippen molar-refractivity contribution in [2.75, 3.05) is 18.1 Å². The number of carbonyl (C=O) groups excluding carboxylic acids is 3. The number of hydrogen-bond donors (Lipinski definition) is 0. The maximum Gasteiger partial charge on any atom is 0.257 e. The summed E-state index contributed by atoms with van der Waals surface area (Å²) < 4.78 is 21.3. The van der Waals surface area contributed by atoms with Crippen LogP contribution in [0, 0.1) is 12.7 Å². The first-order valence-corrected chi connectivity index (χ1v) is 13.7. The average molecular weight is 544 g/mol. The molecule has 1 aromatic heterocycles. The molecular weight excluding hydrogens is 517 g/mol. The monoisotopic (exact) mass is 543 g/mol. The summed E-state index contributed by atoms with van der Waals surface area (Å²) >= 11 is 1.58. The molecule has 2 unspecified atom stereocenters. The number of aryl methyl sites for hydroxylation is 1. The molecule has 2 saturated heterocycles. The van der Waals surface area contributed by atoms with Gasteiger partial charge < -0.3 is 9.64 Å². The fourth-order valence-electron chi connectivity index (χ4n) is 5.19. The molecule has 39 heavy (non-hydrogen) atoms. The topological polar surface area (TPSA) is 79.8 Å². The fourth-order valence-corrected chi connectivity index (χ4v) is 6.26. The van der Waals surface area contributed by atoms with E-state index in [1.165, 1.54) is 23.1 Å². The van der Waals surface area contributed by atoms with Gasteiger partial charge in [0.25, 0.3) is 11.8 Å². The Balaban J connectivity index is 1.27. The number of rotatable bonds is 6. The third-order valence-corrected chi connectivity index (χ3v) is 8.27. The second-order valence-corrected chi connectivity index (χ2v) is 10.9. The van der Waals surface area contributed by atoms with E-state index in [4.69, 9.17) is 9.72 Å². The molecule has 2 fully saturated rings. The van der Waals surface area contributed by atoms with Gasteiger partial charge in [-0.2, -0.15) is 0 Å². The van der Waals surface area contributed by atoms with E-state index in [1.54, 1.807) is 29.5 Å². The van der Waals surface area contributed by atoms with Gasteiger partial charge in [0.05, 0.1) is 34.0 Å². The number of thiazole rings is 1. The standard InChI is InChI=1S/C30H26FN3O4S/c1-18-8-13-24-26(15-18)39-28(32-24)19-9-11-20(12-10-19)34-27(35)16-25(30(34)37)33(17-21-5-4-14-38-21)29(36)22-6-2-3-7-23(22)31/h2-3,6-13,15,21,25H,4-5,14,16-17H2,1H3. The van der Waals surface area contributed by atoms with Crippen LogP contribution < -0.4 is 4.90 Å². The summed E-state index contributed by atoms with van der Waals surface area (Å²) in [7, 11) is 0. The molecular formula is C30H26FN3O4S. The van der Waals surface area contributed by atoms with Crippen molar-refractivity contribution >= 4 is 45.0 Å². The van der Waals surface area contributed by atoms with Gasteiger partial charge in [0.15, 0.2) is 0 Å². The zero-order valence-electron chi connectivity index (χ0n) is 21.3. The van der Waals surface area contributed by atoms with Crippen molar-refractivity contribution in [3.05, 3.63) is 83.7 Å². The SMILES string of the molecule is Cc1ccc2nc(-c3ccc(N4C(=O)CC(N(CC5CCCO5)C(=O)c5ccccc5F)C4=O)cc3)sc2c1. The molecule has 3 heterocycles. The predicted molar refractivity (Wildman–Crippen MR) is 147 cm³/mol. The highest BCUT2D eigenvalue weighted by Crippen LogP contribution is 2.33. The number of fused-ring (bicyclic) bond motifs is 1. The molecule has 2 atom stereocenters. The number of aromatic nitrogens is 1. The van der Waals surface area contributed by atoms with Crippen molar-refractivity contribution in [1.82, 2.24) is 9.88 Å². The van der Waals surface area contributed by atoms with E-state index < -0.39 is 29.6 Å². The zero-order valence-corrected chi connectivity index (χ0v) is 22.1. The molecule has 3 aromatic carbocycles. The maximum atomic E-state index is 14.5. The number of benzene rings is 3. The number of amides is 3. The first-order valence-electron chi connectivity index (χ1n) is 12.9. The lowest BCUT2D eigenvalue weighted by molar-refractivity contribution is -0.122. The highest BCUT2D eigenvalue weighted by atomic mass is 32.1. The lowest BCUT2D eigenvalue weighted by Gasteiger charge is -2.30. The normalized spacial score (nSPS) is 19.3. The van der Waals surface area contributed by atoms with Crippen LogP contribution in [0.1, 0.15) is 35.2 Å². The molecule has 0 saturated carbocycles. The van der Waals surface area contributed by atoms with Crippen LogP contribution >= 0.6 is 11.3 Å². The van der Waals surface area contributed by atoms with Crippen LogP contribution in [-0.2, 0) is 14.3 Å². The highest BCUT2D eigenvalue weighted by molar-refractivity contribution is 7.21. The van der Waals surface area contributed by atoms with Crippen LogP contribution in [-0.4, -0.2) is 52.9 Å². The number of imide groups is 1. The summed E-state index contributed by atoms with van der Waals surface area (Å²) in [5, 5.41) is 0.845. The number of hydrogen-bond acceptors (Lipinski definition) is 6. The second-order valence-electron chi connectivity index (χ2n) is 9.90. The molecule has 0 radical (unpaired) electrons. The van der Waals surface area contributed by atoms with Gasteiger partial charge in [0.1, 0.15) is 16.9 Å². The Bertz CT molecular complexity index is 1580. The number of carbonyl (C=O) groups is 3. The fraction of sp³-hybridized carbons (Fsp3) is 0.267. The summed E-state index contributed by atoms with van der Waals surface area (Å²) in [6.45, 7) is 2.72. The van der Waals surface area contributed by atoms with Crippen molar-refractivity contribution in [2.45, 2.75) is 38.3 Å². The van der Waals surface area contributed by atoms with E-state index in [1.807, 2.05) is 31.2 Å². The first kappa shape index (κ1) is 25.3. The van der Waals surface area contributed by atoms with E-state index in [2.05, 4.69) is 6.07 Å². The first-order chi connectivity index (χ1) is 18.9. The van der Waals surface area contributed by atoms with Crippen LogP contribution in [0.25, 0.3) is 20.8 Å². The highest BCUT2D eigenvalue weighted by Gasteiger charge is 2.45. The van der Waals surface area contributed by atoms with Crippen molar-refractivity contribution in [2.24, 2.45) is 0 Å². The van der Waals surface area contributed by atoms with E-state index in [-0.39, 0.29) is 24.6 Å². The van der Waals surface area contributed by atoms with Gasteiger partial charge in [-0.25, -0.2) is 14.3 Å². The summed E-state index contributed by atoms with van der Waals surface area (Å²) in [4.78, 5) is 47.4. The summed E-state index contributed by atoms with van der Waals surface area (Å²) in [6.07, 6.45) is 1.13. The zero-order chi connectivity index (χ0) is 27.1. The minimum Gasteiger partial charge on any atom is -0.376 e. The van der Waals surface area contributed by atoms with Crippen molar-refractivity contribution in [3.8, 4) is 10.6 Å².